The smallest absolute Gasteiger partial charge is 0.321 e. The van der Waals surface area contributed by atoms with E-state index in [0.29, 0.717) is 11.6 Å². The fourth-order valence-corrected chi connectivity index (χ4v) is 5.51. The average molecular weight is 457 g/mol. The second kappa shape index (κ2) is 8.06. The number of hydrogen-bond acceptors (Lipinski definition) is 3. The number of amides is 2. The van der Waals surface area contributed by atoms with Gasteiger partial charge in [-0.1, -0.05) is 18.0 Å². The minimum atomic E-state index is -1.11. The largest absolute Gasteiger partial charge is 0.370 e. The quantitative estimate of drug-likeness (QED) is 0.610. The number of aliphatic hydroxyl groups is 1. The number of likely N-dealkylation sites (N-methyl/N-ethyl adjacent to an activating group) is 1. The van der Waals surface area contributed by atoms with Crippen LogP contribution in [-0.4, -0.2) is 51.4 Å². The van der Waals surface area contributed by atoms with Crippen molar-refractivity contribution >= 4 is 28.5 Å². The van der Waals surface area contributed by atoms with E-state index in [-0.39, 0.29) is 11.8 Å². The number of urea groups is 1. The summed E-state index contributed by atoms with van der Waals surface area (Å²) in [5, 5.41) is 15.5. The molecule has 2 aromatic carbocycles. The summed E-state index contributed by atoms with van der Waals surface area (Å²) in [6.45, 7) is 3.89. The number of aliphatic hydroxyl groups excluding tert-OH is 1. The molecule has 5 rings (SSSR count). The molecule has 3 heterocycles. The summed E-state index contributed by atoms with van der Waals surface area (Å²) in [7, 11) is 0. The molecule has 168 valence electrons. The molecule has 2 amide bonds. The van der Waals surface area contributed by atoms with Gasteiger partial charge >= 0.3 is 6.03 Å². The Hall–Kier alpha value is -2.61. The standard InChI is InChI=1S/C24H26ClFN4O2/c1-2-30-23(32)27-22(31)24(30,28-12-4-3-5-13-28)20-15-29(18-9-7-17(26)8-10-18)21-11-6-16(25)14-19(20)21/h6-11,14-15,22,31H,2-5,12-13H2,1H3,(H,27,32). The van der Waals surface area contributed by atoms with E-state index in [1.165, 1.54) is 12.1 Å². The van der Waals surface area contributed by atoms with Gasteiger partial charge < -0.3 is 15.0 Å². The van der Waals surface area contributed by atoms with E-state index >= 15 is 0 Å². The normalized spacial score (nSPS) is 24.3. The predicted molar refractivity (Wildman–Crippen MR) is 122 cm³/mol. The molecule has 2 aliphatic rings. The number of aromatic nitrogens is 1. The van der Waals surface area contributed by atoms with Gasteiger partial charge in [-0.05, 0) is 62.2 Å². The number of piperidine rings is 1. The van der Waals surface area contributed by atoms with Gasteiger partial charge in [0.2, 0.25) is 0 Å². The van der Waals surface area contributed by atoms with Crippen LogP contribution < -0.4 is 5.32 Å². The van der Waals surface area contributed by atoms with Crippen molar-refractivity contribution < 1.29 is 14.3 Å². The van der Waals surface area contributed by atoms with Gasteiger partial charge in [0.25, 0.3) is 0 Å². The lowest BCUT2D eigenvalue weighted by atomic mass is 9.92. The molecule has 8 heteroatoms. The minimum absolute atomic E-state index is 0.296. The number of halogens is 2. The summed E-state index contributed by atoms with van der Waals surface area (Å²) in [6, 6.07) is 11.6. The van der Waals surface area contributed by atoms with Crippen LogP contribution in [0.3, 0.4) is 0 Å². The van der Waals surface area contributed by atoms with Crippen LogP contribution >= 0.6 is 11.6 Å². The SMILES string of the molecule is CCN1C(=O)NC(O)C1(c1cn(-c2ccc(F)cc2)c2ccc(Cl)cc12)N1CCCCC1. The van der Waals surface area contributed by atoms with E-state index in [4.69, 9.17) is 11.6 Å². The van der Waals surface area contributed by atoms with Crippen molar-refractivity contribution in [1.29, 1.82) is 0 Å². The maximum absolute atomic E-state index is 13.6. The highest BCUT2D eigenvalue weighted by Gasteiger charge is 2.58. The molecule has 0 aliphatic carbocycles. The summed E-state index contributed by atoms with van der Waals surface area (Å²) in [5.41, 5.74) is 1.39. The maximum atomic E-state index is 13.6. The Kier molecular flexibility index (Phi) is 5.35. The Balaban J connectivity index is 1.81. The number of rotatable bonds is 4. The Labute approximate surface area is 191 Å². The molecular weight excluding hydrogens is 431 g/mol. The van der Waals surface area contributed by atoms with Crippen molar-refractivity contribution in [2.45, 2.75) is 38.1 Å². The lowest BCUT2D eigenvalue weighted by molar-refractivity contribution is -0.103. The molecule has 3 aromatic rings. The van der Waals surface area contributed by atoms with E-state index in [2.05, 4.69) is 10.2 Å². The number of nitrogens with zero attached hydrogens (tertiary/aromatic N) is 3. The molecule has 0 bridgehead atoms. The van der Waals surface area contributed by atoms with Crippen LogP contribution in [0.15, 0.2) is 48.7 Å². The Morgan fingerprint density at radius 2 is 1.88 bits per heavy atom. The topological polar surface area (TPSA) is 60.7 Å². The molecule has 1 aromatic heterocycles. The third kappa shape index (κ3) is 3.10. The molecule has 2 aliphatic heterocycles. The van der Waals surface area contributed by atoms with E-state index < -0.39 is 11.9 Å². The first-order valence-electron chi connectivity index (χ1n) is 11.0. The van der Waals surface area contributed by atoms with E-state index in [1.54, 1.807) is 17.0 Å². The van der Waals surface area contributed by atoms with Crippen molar-refractivity contribution in [3.63, 3.8) is 0 Å². The second-order valence-electron chi connectivity index (χ2n) is 8.42. The number of carbonyl (C=O) groups excluding carboxylic acids is 1. The van der Waals surface area contributed by atoms with Crippen LogP contribution in [0.25, 0.3) is 16.6 Å². The monoisotopic (exact) mass is 456 g/mol. The van der Waals surface area contributed by atoms with Crippen molar-refractivity contribution in [3.05, 3.63) is 65.1 Å². The summed E-state index contributed by atoms with van der Waals surface area (Å²) >= 11 is 6.41. The third-order valence-electron chi connectivity index (χ3n) is 6.72. The second-order valence-corrected chi connectivity index (χ2v) is 8.86. The summed E-state index contributed by atoms with van der Waals surface area (Å²) in [5.74, 6) is -0.309. The summed E-state index contributed by atoms with van der Waals surface area (Å²) in [4.78, 5) is 16.8. The van der Waals surface area contributed by atoms with Gasteiger partial charge in [0.05, 0.1) is 5.52 Å². The number of benzene rings is 2. The lowest BCUT2D eigenvalue weighted by Crippen LogP contribution is -2.62. The Morgan fingerprint density at radius 3 is 2.56 bits per heavy atom. The number of hydrogen-bond donors (Lipinski definition) is 2. The zero-order valence-corrected chi connectivity index (χ0v) is 18.6. The first-order chi connectivity index (χ1) is 15.5. The van der Waals surface area contributed by atoms with Crippen molar-refractivity contribution in [1.82, 2.24) is 19.7 Å². The van der Waals surface area contributed by atoms with Gasteiger partial charge in [-0.25, -0.2) is 9.18 Å². The first-order valence-corrected chi connectivity index (χ1v) is 11.4. The zero-order chi connectivity index (χ0) is 22.5. The van der Waals surface area contributed by atoms with Gasteiger partial charge in [0.15, 0.2) is 11.9 Å². The molecular formula is C24H26ClFN4O2. The van der Waals surface area contributed by atoms with Crippen molar-refractivity contribution in [2.75, 3.05) is 19.6 Å². The lowest BCUT2D eigenvalue weighted by Gasteiger charge is -2.48. The molecule has 2 N–H and O–H groups in total. The molecule has 2 unspecified atom stereocenters. The van der Waals surface area contributed by atoms with Crippen molar-refractivity contribution in [3.8, 4) is 5.69 Å². The zero-order valence-electron chi connectivity index (χ0n) is 17.9. The third-order valence-corrected chi connectivity index (χ3v) is 6.96. The Morgan fingerprint density at radius 1 is 1.16 bits per heavy atom. The molecule has 32 heavy (non-hydrogen) atoms. The van der Waals surface area contributed by atoms with Crippen LogP contribution in [0.5, 0.6) is 0 Å². The Bertz CT molecular complexity index is 1160. The molecule has 2 saturated heterocycles. The van der Waals surface area contributed by atoms with Gasteiger partial charge in [0.1, 0.15) is 5.82 Å². The average Bonchev–Trinajstić information content (AvgIpc) is 3.29. The van der Waals surface area contributed by atoms with E-state index in [0.717, 1.165) is 54.5 Å². The van der Waals surface area contributed by atoms with Crippen LogP contribution in [0.1, 0.15) is 31.7 Å². The number of fused-ring (bicyclic) bond motifs is 1. The van der Waals surface area contributed by atoms with Gasteiger partial charge in [-0.3, -0.25) is 9.80 Å². The van der Waals surface area contributed by atoms with E-state index in [9.17, 15) is 14.3 Å². The molecule has 0 spiro atoms. The van der Waals surface area contributed by atoms with Crippen LogP contribution in [0.4, 0.5) is 9.18 Å². The number of nitrogens with one attached hydrogen (secondary N) is 1. The van der Waals surface area contributed by atoms with Crippen LogP contribution in [0.2, 0.25) is 5.02 Å². The minimum Gasteiger partial charge on any atom is -0.370 e. The highest BCUT2D eigenvalue weighted by atomic mass is 35.5. The molecule has 0 saturated carbocycles. The van der Waals surface area contributed by atoms with Crippen molar-refractivity contribution in [2.24, 2.45) is 0 Å². The molecule has 2 fully saturated rings. The molecule has 2 atom stereocenters. The molecule has 0 radical (unpaired) electrons. The van der Waals surface area contributed by atoms with Gasteiger partial charge in [0, 0.05) is 47.5 Å². The number of likely N-dealkylation sites (tertiary alicyclic amines) is 1. The van der Waals surface area contributed by atoms with E-state index in [1.807, 2.05) is 35.9 Å². The highest BCUT2D eigenvalue weighted by Crippen LogP contribution is 2.45. The van der Waals surface area contributed by atoms with Crippen LogP contribution in [-0.2, 0) is 5.66 Å². The number of carbonyl (C=O) groups is 1. The maximum Gasteiger partial charge on any atom is 0.321 e. The van der Waals surface area contributed by atoms with Crippen LogP contribution in [0, 0.1) is 5.82 Å². The molecule has 6 nitrogen and oxygen atoms in total. The summed E-state index contributed by atoms with van der Waals surface area (Å²) < 4.78 is 15.6. The first kappa shape index (κ1) is 21.2. The highest BCUT2D eigenvalue weighted by molar-refractivity contribution is 6.31. The fraction of sp³-hybridized carbons (Fsp3) is 0.375. The fourth-order valence-electron chi connectivity index (χ4n) is 5.33. The van der Waals surface area contributed by atoms with Gasteiger partial charge in [-0.15, -0.1) is 0 Å². The summed E-state index contributed by atoms with van der Waals surface area (Å²) in [6.07, 6.45) is 3.96. The van der Waals surface area contributed by atoms with Gasteiger partial charge in [-0.2, -0.15) is 0 Å². The predicted octanol–water partition coefficient (Wildman–Crippen LogP) is 4.43.